The number of rotatable bonds is 6. The molecule has 0 aliphatic rings. The van der Waals surface area contributed by atoms with Gasteiger partial charge < -0.3 is 15.5 Å². The number of nitrogens with zero attached hydrogens (tertiary/aromatic N) is 1. The van der Waals surface area contributed by atoms with Crippen LogP contribution in [-0.4, -0.2) is 33.8 Å². The lowest BCUT2D eigenvalue weighted by Crippen LogP contribution is -2.17. The summed E-state index contributed by atoms with van der Waals surface area (Å²) in [6, 6.07) is 9.23. The number of carboxylic acids is 1. The summed E-state index contributed by atoms with van der Waals surface area (Å²) < 4.78 is 0. The molecule has 0 aliphatic heterocycles. The molecular weight excluding hydrogens is 256 g/mol. The summed E-state index contributed by atoms with van der Waals surface area (Å²) in [4.78, 5) is 15.3. The third-order valence-corrected chi connectivity index (χ3v) is 3.14. The normalized spacial score (nSPS) is 12.3. The summed E-state index contributed by atoms with van der Waals surface area (Å²) in [7, 11) is 0. The van der Waals surface area contributed by atoms with Crippen molar-refractivity contribution in [3.8, 4) is 0 Å². The van der Waals surface area contributed by atoms with Gasteiger partial charge in [-0.05, 0) is 31.2 Å². The minimum Gasteiger partial charge on any atom is -0.477 e. The van der Waals surface area contributed by atoms with Gasteiger partial charge in [-0.1, -0.05) is 24.3 Å². The monoisotopic (exact) mass is 274 g/mol. The summed E-state index contributed by atoms with van der Waals surface area (Å²) in [6.45, 7) is 2.13. The van der Waals surface area contributed by atoms with Crippen LogP contribution in [0.2, 0.25) is 0 Å². The fraction of sp³-hybridized carbons (Fsp3) is 0.333. The standard InChI is InChI=1S/C15H18N2O3/c1-10(5-4-8-18)16-14-12-7-3-2-6-11(12)9-13(17-14)15(19)20/h2-3,6-7,9-10,18H,4-5,8H2,1H3,(H,16,17)(H,19,20). The van der Waals surface area contributed by atoms with Crippen LogP contribution in [0.25, 0.3) is 10.8 Å². The van der Waals surface area contributed by atoms with Crippen LogP contribution >= 0.6 is 0 Å². The van der Waals surface area contributed by atoms with E-state index in [0.717, 1.165) is 17.2 Å². The molecule has 1 heterocycles. The predicted octanol–water partition coefficient (Wildman–Crippen LogP) is 2.51. The quantitative estimate of drug-likeness (QED) is 0.754. The number of anilines is 1. The molecular formula is C15H18N2O3. The largest absolute Gasteiger partial charge is 0.477 e. The van der Waals surface area contributed by atoms with E-state index >= 15 is 0 Å². The number of carboxylic acid groups (broad SMARTS) is 1. The Hall–Kier alpha value is -2.14. The Morgan fingerprint density at radius 1 is 1.40 bits per heavy atom. The van der Waals surface area contributed by atoms with Crippen LogP contribution in [0.5, 0.6) is 0 Å². The maximum Gasteiger partial charge on any atom is 0.354 e. The van der Waals surface area contributed by atoms with Crippen molar-refractivity contribution in [3.63, 3.8) is 0 Å². The molecule has 1 aromatic carbocycles. The molecule has 1 unspecified atom stereocenters. The Morgan fingerprint density at radius 3 is 2.85 bits per heavy atom. The SMILES string of the molecule is CC(CCCO)Nc1nc(C(=O)O)cc2ccccc12. The van der Waals surface area contributed by atoms with Crippen molar-refractivity contribution in [2.75, 3.05) is 11.9 Å². The lowest BCUT2D eigenvalue weighted by Gasteiger charge is -2.16. The number of benzene rings is 1. The second kappa shape index (κ2) is 6.34. The van der Waals surface area contributed by atoms with Crippen LogP contribution in [-0.2, 0) is 0 Å². The van der Waals surface area contributed by atoms with Crippen LogP contribution in [0.15, 0.2) is 30.3 Å². The van der Waals surface area contributed by atoms with Crippen molar-refractivity contribution >= 4 is 22.6 Å². The lowest BCUT2D eigenvalue weighted by atomic mass is 10.1. The minimum absolute atomic E-state index is 0.0283. The van der Waals surface area contributed by atoms with Gasteiger partial charge in [-0.15, -0.1) is 0 Å². The zero-order valence-corrected chi connectivity index (χ0v) is 11.3. The number of aliphatic hydroxyl groups is 1. The molecule has 1 aromatic heterocycles. The van der Waals surface area contributed by atoms with Gasteiger partial charge in [0.15, 0.2) is 5.69 Å². The number of carbonyl (C=O) groups is 1. The van der Waals surface area contributed by atoms with Crippen molar-refractivity contribution in [1.82, 2.24) is 4.98 Å². The number of hydrogen-bond acceptors (Lipinski definition) is 4. The molecule has 1 atom stereocenters. The molecule has 0 saturated heterocycles. The second-order valence-corrected chi connectivity index (χ2v) is 4.79. The van der Waals surface area contributed by atoms with Crippen LogP contribution < -0.4 is 5.32 Å². The third-order valence-electron chi connectivity index (χ3n) is 3.14. The van der Waals surface area contributed by atoms with E-state index in [4.69, 9.17) is 10.2 Å². The fourth-order valence-electron chi connectivity index (χ4n) is 2.12. The Bertz CT molecular complexity index is 613. The first kappa shape index (κ1) is 14.3. The highest BCUT2D eigenvalue weighted by molar-refractivity contribution is 5.97. The number of aliphatic hydroxyl groups excluding tert-OH is 1. The highest BCUT2D eigenvalue weighted by Gasteiger charge is 2.12. The van der Waals surface area contributed by atoms with E-state index in [2.05, 4.69) is 10.3 Å². The molecule has 5 heteroatoms. The van der Waals surface area contributed by atoms with Crippen molar-refractivity contribution in [3.05, 3.63) is 36.0 Å². The smallest absolute Gasteiger partial charge is 0.354 e. The van der Waals surface area contributed by atoms with E-state index < -0.39 is 5.97 Å². The van der Waals surface area contributed by atoms with Crippen LogP contribution in [0.3, 0.4) is 0 Å². The van der Waals surface area contributed by atoms with Crippen molar-refractivity contribution in [2.45, 2.75) is 25.8 Å². The predicted molar refractivity (Wildman–Crippen MR) is 78.1 cm³/mol. The van der Waals surface area contributed by atoms with Crippen LogP contribution in [0.1, 0.15) is 30.3 Å². The zero-order valence-electron chi connectivity index (χ0n) is 11.3. The molecule has 106 valence electrons. The van der Waals surface area contributed by atoms with Gasteiger partial charge in [-0.25, -0.2) is 9.78 Å². The zero-order chi connectivity index (χ0) is 14.5. The minimum atomic E-state index is -1.04. The molecule has 0 bridgehead atoms. The molecule has 0 spiro atoms. The van der Waals surface area contributed by atoms with E-state index in [1.165, 1.54) is 0 Å². The van der Waals surface area contributed by atoms with Gasteiger partial charge in [0.2, 0.25) is 0 Å². The molecule has 2 rings (SSSR count). The molecule has 0 aliphatic carbocycles. The number of hydrogen-bond donors (Lipinski definition) is 3. The van der Waals surface area contributed by atoms with Crippen LogP contribution in [0.4, 0.5) is 5.82 Å². The Kier molecular flexibility index (Phi) is 4.53. The lowest BCUT2D eigenvalue weighted by molar-refractivity contribution is 0.0691. The van der Waals surface area contributed by atoms with Gasteiger partial charge in [0.25, 0.3) is 0 Å². The van der Waals surface area contributed by atoms with Gasteiger partial charge in [0.1, 0.15) is 5.82 Å². The summed E-state index contributed by atoms with van der Waals surface area (Å²) >= 11 is 0. The van der Waals surface area contributed by atoms with Gasteiger partial charge >= 0.3 is 5.97 Å². The second-order valence-electron chi connectivity index (χ2n) is 4.79. The first-order valence-electron chi connectivity index (χ1n) is 6.62. The Morgan fingerprint density at radius 2 is 2.15 bits per heavy atom. The number of fused-ring (bicyclic) bond motifs is 1. The van der Waals surface area contributed by atoms with E-state index in [1.807, 2.05) is 31.2 Å². The number of nitrogens with one attached hydrogen (secondary N) is 1. The van der Waals surface area contributed by atoms with Crippen molar-refractivity contribution in [1.29, 1.82) is 0 Å². The summed E-state index contributed by atoms with van der Waals surface area (Å²) in [5.41, 5.74) is 0.0283. The highest BCUT2D eigenvalue weighted by Crippen LogP contribution is 2.23. The summed E-state index contributed by atoms with van der Waals surface area (Å²) in [6.07, 6.45) is 1.49. The average molecular weight is 274 g/mol. The van der Waals surface area contributed by atoms with Crippen molar-refractivity contribution in [2.24, 2.45) is 0 Å². The van der Waals surface area contributed by atoms with Gasteiger partial charge in [0, 0.05) is 18.0 Å². The first-order chi connectivity index (χ1) is 9.61. The molecule has 0 radical (unpaired) electrons. The Labute approximate surface area is 117 Å². The summed E-state index contributed by atoms with van der Waals surface area (Å²) in [5.74, 6) is -0.465. The van der Waals surface area contributed by atoms with Gasteiger partial charge in [-0.3, -0.25) is 0 Å². The third kappa shape index (κ3) is 3.24. The molecule has 3 N–H and O–H groups in total. The Balaban J connectivity index is 2.37. The molecule has 0 saturated carbocycles. The maximum absolute atomic E-state index is 11.1. The van der Waals surface area contributed by atoms with E-state index in [9.17, 15) is 4.79 Å². The topological polar surface area (TPSA) is 82.5 Å². The van der Waals surface area contributed by atoms with Crippen molar-refractivity contribution < 1.29 is 15.0 Å². The van der Waals surface area contributed by atoms with Gasteiger partial charge in [0.05, 0.1) is 0 Å². The average Bonchev–Trinajstić information content (AvgIpc) is 2.44. The maximum atomic E-state index is 11.1. The van der Waals surface area contributed by atoms with E-state index in [0.29, 0.717) is 12.2 Å². The van der Waals surface area contributed by atoms with E-state index in [-0.39, 0.29) is 18.3 Å². The molecule has 0 amide bonds. The number of aromatic nitrogens is 1. The molecule has 5 nitrogen and oxygen atoms in total. The summed E-state index contributed by atoms with van der Waals surface area (Å²) in [5, 5.41) is 22.9. The molecule has 20 heavy (non-hydrogen) atoms. The van der Waals surface area contributed by atoms with Gasteiger partial charge in [-0.2, -0.15) is 0 Å². The van der Waals surface area contributed by atoms with E-state index in [1.54, 1.807) is 6.07 Å². The number of pyridine rings is 1. The molecule has 2 aromatic rings. The highest BCUT2D eigenvalue weighted by atomic mass is 16.4. The number of aromatic carboxylic acids is 1. The van der Waals surface area contributed by atoms with Crippen LogP contribution in [0, 0.1) is 0 Å². The first-order valence-corrected chi connectivity index (χ1v) is 6.62. The fourth-order valence-corrected chi connectivity index (χ4v) is 2.12. The molecule has 0 fully saturated rings.